The van der Waals surface area contributed by atoms with Crippen LogP contribution in [0.4, 0.5) is 18.9 Å². The molecule has 0 saturated carbocycles. The SMILES string of the molecule is N#Cc1ccc(Cl)cc1NC(=O)CSc1nnc(-c2cccc(Cl)c2)n1-c1ccccc1C(F)(F)F. The van der Waals surface area contributed by atoms with Crippen molar-refractivity contribution in [1.29, 1.82) is 5.26 Å². The summed E-state index contributed by atoms with van der Waals surface area (Å²) in [6.45, 7) is 0. The predicted molar refractivity (Wildman–Crippen MR) is 132 cm³/mol. The van der Waals surface area contributed by atoms with E-state index < -0.39 is 17.6 Å². The molecule has 1 amide bonds. The second-order valence-corrected chi connectivity index (χ2v) is 9.12. The number of nitrogens with one attached hydrogen (secondary N) is 1. The van der Waals surface area contributed by atoms with Gasteiger partial charge < -0.3 is 5.32 Å². The molecule has 6 nitrogen and oxygen atoms in total. The van der Waals surface area contributed by atoms with Gasteiger partial charge in [0.05, 0.1) is 28.3 Å². The van der Waals surface area contributed by atoms with Gasteiger partial charge in [0, 0.05) is 15.6 Å². The van der Waals surface area contributed by atoms with Crippen LogP contribution < -0.4 is 5.32 Å². The van der Waals surface area contributed by atoms with Crippen LogP contribution in [-0.4, -0.2) is 26.4 Å². The Hall–Kier alpha value is -3.52. The monoisotopic (exact) mass is 547 g/mol. The van der Waals surface area contributed by atoms with Gasteiger partial charge in [-0.1, -0.05) is 59.2 Å². The highest BCUT2D eigenvalue weighted by Crippen LogP contribution is 2.37. The summed E-state index contributed by atoms with van der Waals surface area (Å²) in [6.07, 6.45) is -4.65. The van der Waals surface area contributed by atoms with Crippen LogP contribution in [0.3, 0.4) is 0 Å². The molecule has 3 aromatic carbocycles. The molecule has 0 saturated heterocycles. The predicted octanol–water partition coefficient (Wildman–Crippen LogP) is 6.86. The molecule has 0 radical (unpaired) electrons. The Morgan fingerprint density at radius 2 is 1.78 bits per heavy atom. The largest absolute Gasteiger partial charge is 0.418 e. The van der Waals surface area contributed by atoms with Gasteiger partial charge in [0.1, 0.15) is 6.07 Å². The first-order valence-corrected chi connectivity index (χ1v) is 11.9. The van der Waals surface area contributed by atoms with Gasteiger partial charge in [0.15, 0.2) is 11.0 Å². The maximum atomic E-state index is 13.8. The summed E-state index contributed by atoms with van der Waals surface area (Å²) in [7, 11) is 0. The van der Waals surface area contributed by atoms with Crippen LogP contribution >= 0.6 is 35.0 Å². The third-order valence-electron chi connectivity index (χ3n) is 4.88. The molecule has 12 heteroatoms. The summed E-state index contributed by atoms with van der Waals surface area (Å²) in [6, 6.07) is 17.9. The number of nitrogens with zero attached hydrogens (tertiary/aromatic N) is 4. The molecule has 0 fully saturated rings. The van der Waals surface area contributed by atoms with E-state index in [1.165, 1.54) is 41.0 Å². The minimum atomic E-state index is -4.65. The minimum absolute atomic E-state index is 0.0587. The number of amides is 1. The van der Waals surface area contributed by atoms with E-state index in [0.717, 1.165) is 17.8 Å². The molecule has 1 aromatic heterocycles. The number of anilines is 1. The lowest BCUT2D eigenvalue weighted by Gasteiger charge is -2.16. The van der Waals surface area contributed by atoms with Crippen molar-refractivity contribution in [2.75, 3.05) is 11.1 Å². The number of thioether (sulfide) groups is 1. The molecular formula is C24H14Cl2F3N5OS. The van der Waals surface area contributed by atoms with Gasteiger partial charge in [-0.25, -0.2) is 0 Å². The zero-order valence-corrected chi connectivity index (χ0v) is 20.4. The molecule has 0 aliphatic heterocycles. The van der Waals surface area contributed by atoms with Crippen molar-refractivity contribution < 1.29 is 18.0 Å². The highest BCUT2D eigenvalue weighted by Gasteiger charge is 2.35. The van der Waals surface area contributed by atoms with E-state index in [1.54, 1.807) is 24.3 Å². The summed E-state index contributed by atoms with van der Waals surface area (Å²) in [5.74, 6) is -0.611. The molecule has 0 unspecified atom stereocenters. The van der Waals surface area contributed by atoms with E-state index in [2.05, 4.69) is 15.5 Å². The molecule has 4 aromatic rings. The summed E-state index contributed by atoms with van der Waals surface area (Å²) in [5, 5.41) is 20.8. The van der Waals surface area contributed by atoms with Crippen molar-refractivity contribution in [3.05, 3.63) is 87.9 Å². The first-order valence-electron chi connectivity index (χ1n) is 10.2. The molecule has 0 aliphatic carbocycles. The maximum Gasteiger partial charge on any atom is 0.418 e. The van der Waals surface area contributed by atoms with Crippen molar-refractivity contribution in [3.8, 4) is 23.1 Å². The lowest BCUT2D eigenvalue weighted by Crippen LogP contribution is -2.16. The third kappa shape index (κ3) is 5.65. The fraction of sp³-hybridized carbons (Fsp3) is 0.0833. The zero-order chi connectivity index (χ0) is 25.9. The van der Waals surface area contributed by atoms with E-state index in [9.17, 15) is 23.2 Å². The van der Waals surface area contributed by atoms with E-state index in [1.807, 2.05) is 6.07 Å². The van der Waals surface area contributed by atoms with Crippen molar-refractivity contribution in [2.24, 2.45) is 0 Å². The molecule has 0 spiro atoms. The molecule has 1 heterocycles. The molecule has 0 bridgehead atoms. The number of benzene rings is 3. The smallest absolute Gasteiger partial charge is 0.324 e. The Labute approximate surface area is 217 Å². The number of carbonyl (C=O) groups is 1. The van der Waals surface area contributed by atoms with Gasteiger partial charge in [-0.2, -0.15) is 18.4 Å². The fourth-order valence-electron chi connectivity index (χ4n) is 3.34. The number of hydrogen-bond acceptors (Lipinski definition) is 5. The molecule has 0 aliphatic rings. The molecular weight excluding hydrogens is 534 g/mol. The van der Waals surface area contributed by atoms with Gasteiger partial charge in [0.2, 0.25) is 5.91 Å². The number of rotatable bonds is 6. The average Bonchev–Trinajstić information content (AvgIpc) is 3.26. The maximum absolute atomic E-state index is 13.8. The van der Waals surface area contributed by atoms with Crippen molar-refractivity contribution in [2.45, 2.75) is 11.3 Å². The van der Waals surface area contributed by atoms with Gasteiger partial charge >= 0.3 is 6.18 Å². The van der Waals surface area contributed by atoms with E-state index in [0.29, 0.717) is 15.6 Å². The summed E-state index contributed by atoms with van der Waals surface area (Å²) < 4.78 is 42.8. The average molecular weight is 548 g/mol. The molecule has 0 atom stereocenters. The Bertz CT molecular complexity index is 1480. The van der Waals surface area contributed by atoms with E-state index in [-0.39, 0.29) is 33.7 Å². The second kappa shape index (κ2) is 10.6. The Morgan fingerprint density at radius 3 is 2.50 bits per heavy atom. The van der Waals surface area contributed by atoms with Crippen molar-refractivity contribution in [1.82, 2.24) is 14.8 Å². The summed E-state index contributed by atoms with van der Waals surface area (Å²) >= 11 is 12.9. The minimum Gasteiger partial charge on any atom is -0.324 e. The summed E-state index contributed by atoms with van der Waals surface area (Å²) in [4.78, 5) is 12.6. The topological polar surface area (TPSA) is 83.6 Å². The molecule has 1 N–H and O–H groups in total. The van der Waals surface area contributed by atoms with Crippen molar-refractivity contribution >= 4 is 46.6 Å². The quantitative estimate of drug-likeness (QED) is 0.266. The van der Waals surface area contributed by atoms with Gasteiger partial charge in [-0.3, -0.25) is 9.36 Å². The number of hydrogen-bond donors (Lipinski definition) is 1. The van der Waals surface area contributed by atoms with Crippen LogP contribution in [0.5, 0.6) is 0 Å². The number of alkyl halides is 3. The first-order chi connectivity index (χ1) is 17.2. The number of nitriles is 1. The van der Waals surface area contributed by atoms with Crippen LogP contribution in [0.1, 0.15) is 11.1 Å². The van der Waals surface area contributed by atoms with Crippen LogP contribution in [0.2, 0.25) is 10.0 Å². The highest BCUT2D eigenvalue weighted by atomic mass is 35.5. The van der Waals surface area contributed by atoms with Gasteiger partial charge in [0.25, 0.3) is 0 Å². The van der Waals surface area contributed by atoms with Crippen LogP contribution in [0.25, 0.3) is 17.1 Å². The van der Waals surface area contributed by atoms with Crippen LogP contribution in [0, 0.1) is 11.3 Å². The Kier molecular flexibility index (Phi) is 7.54. The number of aromatic nitrogens is 3. The second-order valence-electron chi connectivity index (χ2n) is 7.31. The lowest BCUT2D eigenvalue weighted by molar-refractivity contribution is -0.137. The zero-order valence-electron chi connectivity index (χ0n) is 18.1. The van der Waals surface area contributed by atoms with E-state index >= 15 is 0 Å². The van der Waals surface area contributed by atoms with Gasteiger partial charge in [-0.05, 0) is 42.5 Å². The van der Waals surface area contributed by atoms with E-state index in [4.69, 9.17) is 23.2 Å². The normalized spacial score (nSPS) is 11.2. The Balaban J connectivity index is 1.71. The summed E-state index contributed by atoms with van der Waals surface area (Å²) in [5.41, 5.74) is -0.213. The number of carbonyl (C=O) groups excluding carboxylic acids is 1. The number of halogens is 5. The highest BCUT2D eigenvalue weighted by molar-refractivity contribution is 7.99. The molecule has 4 rings (SSSR count). The third-order valence-corrected chi connectivity index (χ3v) is 6.27. The van der Waals surface area contributed by atoms with Gasteiger partial charge in [-0.15, -0.1) is 10.2 Å². The number of para-hydroxylation sites is 1. The molecule has 182 valence electrons. The van der Waals surface area contributed by atoms with Crippen LogP contribution in [-0.2, 0) is 11.0 Å². The first kappa shape index (κ1) is 25.6. The Morgan fingerprint density at radius 1 is 1.03 bits per heavy atom. The standard InChI is InChI=1S/C24H14Cl2F3N5OS/c25-16-5-3-4-14(10-16)22-32-33-23(34(22)20-7-2-1-6-18(20)24(27,28)29)36-13-21(35)31-19-11-17(26)9-8-15(19)12-30/h1-11H,13H2,(H,31,35). The van der Waals surface area contributed by atoms with Crippen LogP contribution in [0.15, 0.2) is 71.9 Å². The lowest BCUT2D eigenvalue weighted by atomic mass is 10.1. The fourth-order valence-corrected chi connectivity index (χ4v) is 4.44. The van der Waals surface area contributed by atoms with Crippen molar-refractivity contribution in [3.63, 3.8) is 0 Å². The molecule has 36 heavy (non-hydrogen) atoms.